The van der Waals surface area contributed by atoms with Crippen LogP contribution in [0.4, 0.5) is 4.79 Å². The summed E-state index contributed by atoms with van der Waals surface area (Å²) in [5, 5.41) is 7.04. The molecule has 0 spiro atoms. The van der Waals surface area contributed by atoms with Crippen molar-refractivity contribution in [2.75, 3.05) is 6.61 Å². The molecule has 0 aliphatic carbocycles. The van der Waals surface area contributed by atoms with Crippen molar-refractivity contribution in [3.63, 3.8) is 0 Å². The van der Waals surface area contributed by atoms with Crippen LogP contribution in [0.15, 0.2) is 66.0 Å². The van der Waals surface area contributed by atoms with Crippen LogP contribution in [-0.2, 0) is 27.3 Å². The number of esters is 1. The van der Waals surface area contributed by atoms with Crippen LogP contribution in [0.3, 0.4) is 0 Å². The van der Waals surface area contributed by atoms with Crippen molar-refractivity contribution < 1.29 is 28.7 Å². The van der Waals surface area contributed by atoms with Crippen LogP contribution in [0.5, 0.6) is 0 Å². The highest BCUT2D eigenvalue weighted by Crippen LogP contribution is 2.17. The summed E-state index contributed by atoms with van der Waals surface area (Å²) in [6, 6.07) is 17.0. The zero-order valence-electron chi connectivity index (χ0n) is 22.9. The number of thiazole rings is 1. The monoisotopic (exact) mass is 565 g/mol. The molecule has 0 saturated heterocycles. The van der Waals surface area contributed by atoms with Gasteiger partial charge >= 0.3 is 12.1 Å². The van der Waals surface area contributed by atoms with Crippen molar-refractivity contribution in [2.45, 2.75) is 58.7 Å². The Morgan fingerprint density at radius 2 is 1.52 bits per heavy atom. The molecule has 0 fully saturated rings. The van der Waals surface area contributed by atoms with Crippen LogP contribution in [0.2, 0.25) is 0 Å². The van der Waals surface area contributed by atoms with E-state index in [1.54, 1.807) is 6.92 Å². The number of rotatable bonds is 14. The van der Waals surface area contributed by atoms with Crippen molar-refractivity contribution in [2.24, 2.45) is 5.92 Å². The molecule has 212 valence electrons. The largest absolute Gasteiger partial charge is 0.461 e. The Kier molecular flexibility index (Phi) is 11.8. The molecular formula is C30H35N3O6S. The van der Waals surface area contributed by atoms with Crippen molar-refractivity contribution in [3.8, 4) is 0 Å². The maximum atomic E-state index is 13.5. The van der Waals surface area contributed by atoms with Crippen LogP contribution < -0.4 is 10.6 Å². The van der Waals surface area contributed by atoms with E-state index in [2.05, 4.69) is 15.6 Å². The average Bonchev–Trinajstić information content (AvgIpc) is 3.45. The normalized spacial score (nSPS) is 12.3. The summed E-state index contributed by atoms with van der Waals surface area (Å²) < 4.78 is 10.3. The molecule has 2 atom stereocenters. The fraction of sp³-hybridized carbons (Fsp3) is 0.367. The number of Topliss-reactive ketones (excluding diaryl/α,β-unsaturated/α-hetero) is 1. The maximum absolute atomic E-state index is 13.5. The van der Waals surface area contributed by atoms with Crippen molar-refractivity contribution in [1.82, 2.24) is 15.6 Å². The number of ketones is 1. The zero-order chi connectivity index (χ0) is 28.9. The van der Waals surface area contributed by atoms with E-state index in [1.165, 1.54) is 5.38 Å². The smallest absolute Gasteiger partial charge is 0.408 e. The third-order valence-electron chi connectivity index (χ3n) is 5.93. The van der Waals surface area contributed by atoms with Crippen molar-refractivity contribution in [1.29, 1.82) is 0 Å². The second kappa shape index (κ2) is 15.5. The first-order valence-corrected chi connectivity index (χ1v) is 14.1. The molecule has 2 unspecified atom stereocenters. The molecule has 3 rings (SSSR count). The van der Waals surface area contributed by atoms with E-state index < -0.39 is 35.8 Å². The zero-order valence-corrected chi connectivity index (χ0v) is 23.7. The minimum atomic E-state index is -0.925. The van der Waals surface area contributed by atoms with Crippen molar-refractivity contribution in [3.05, 3.63) is 87.9 Å². The van der Waals surface area contributed by atoms with Gasteiger partial charge in [-0.25, -0.2) is 14.6 Å². The summed E-state index contributed by atoms with van der Waals surface area (Å²) in [6.07, 6.45) is 0.441. The maximum Gasteiger partial charge on any atom is 0.408 e. The summed E-state index contributed by atoms with van der Waals surface area (Å²) in [5.74, 6) is -1.45. The van der Waals surface area contributed by atoms with Crippen LogP contribution in [-0.4, -0.2) is 47.4 Å². The van der Waals surface area contributed by atoms with E-state index in [0.717, 1.165) is 22.5 Å². The highest BCUT2D eigenvalue weighted by molar-refractivity contribution is 7.12. The Hall–Kier alpha value is -4.05. The number of hydrogen-bond acceptors (Lipinski definition) is 8. The Bertz CT molecular complexity index is 1260. The molecular weight excluding hydrogens is 530 g/mol. The van der Waals surface area contributed by atoms with Crippen LogP contribution >= 0.6 is 11.3 Å². The molecule has 10 heteroatoms. The fourth-order valence-electron chi connectivity index (χ4n) is 3.94. The van der Waals surface area contributed by atoms with E-state index in [-0.39, 0.29) is 29.8 Å². The number of alkyl carbamates (subject to hydrolysis) is 1. The van der Waals surface area contributed by atoms with Crippen LogP contribution in [0.1, 0.15) is 65.0 Å². The van der Waals surface area contributed by atoms with Gasteiger partial charge in [-0.05, 0) is 43.2 Å². The Balaban J connectivity index is 1.73. The number of aromatic nitrogens is 1. The second-order valence-corrected chi connectivity index (χ2v) is 10.5. The molecule has 2 amide bonds. The minimum absolute atomic E-state index is 0.0452. The molecule has 2 N–H and O–H groups in total. The molecule has 2 aromatic carbocycles. The average molecular weight is 566 g/mol. The van der Waals surface area contributed by atoms with Crippen LogP contribution in [0, 0.1) is 5.92 Å². The second-order valence-electron chi connectivity index (χ2n) is 9.60. The molecule has 0 saturated carbocycles. The Morgan fingerprint density at radius 3 is 2.15 bits per heavy atom. The first kappa shape index (κ1) is 30.5. The fourth-order valence-corrected chi connectivity index (χ4v) is 4.72. The summed E-state index contributed by atoms with van der Waals surface area (Å²) in [5.41, 5.74) is 1.87. The highest BCUT2D eigenvalue weighted by Gasteiger charge is 2.30. The number of benzene rings is 2. The first-order valence-electron chi connectivity index (χ1n) is 13.2. The number of aryl methyl sites for hydroxylation is 1. The first-order chi connectivity index (χ1) is 19.3. The van der Waals surface area contributed by atoms with Gasteiger partial charge in [0, 0.05) is 5.38 Å². The molecule has 9 nitrogen and oxygen atoms in total. The van der Waals surface area contributed by atoms with E-state index in [9.17, 15) is 19.2 Å². The summed E-state index contributed by atoms with van der Waals surface area (Å²) in [4.78, 5) is 55.7. The summed E-state index contributed by atoms with van der Waals surface area (Å²) >= 11 is 1.02. The lowest BCUT2D eigenvalue weighted by molar-refractivity contribution is -0.124. The number of carbonyl (C=O) groups is 4. The summed E-state index contributed by atoms with van der Waals surface area (Å²) in [6.45, 7) is 5.80. The Morgan fingerprint density at radius 1 is 0.875 bits per heavy atom. The molecule has 0 aliphatic rings. The number of amides is 2. The molecule has 1 aromatic heterocycles. The number of nitrogens with zero attached hydrogens (tertiary/aromatic N) is 1. The van der Waals surface area contributed by atoms with Gasteiger partial charge in [0.05, 0.1) is 12.6 Å². The van der Waals surface area contributed by atoms with Gasteiger partial charge in [-0.1, -0.05) is 74.5 Å². The van der Waals surface area contributed by atoms with Gasteiger partial charge in [-0.15, -0.1) is 11.3 Å². The molecule has 1 heterocycles. The third-order valence-corrected chi connectivity index (χ3v) is 6.78. The number of carbonyl (C=O) groups excluding carboxylic acids is 4. The SMILES string of the molecule is CCOC(=O)c1csc(C(=O)C(CCc2ccccc2)NC(=O)C(CC(C)C)NC(=O)OCc2ccccc2)n1. The quantitative estimate of drug-likeness (QED) is 0.209. The number of ether oxygens (including phenoxy) is 2. The molecule has 40 heavy (non-hydrogen) atoms. The van der Waals surface area contributed by atoms with Crippen LogP contribution in [0.25, 0.3) is 0 Å². The molecule has 0 aliphatic heterocycles. The van der Waals surface area contributed by atoms with Gasteiger partial charge < -0.3 is 20.1 Å². The third kappa shape index (κ3) is 9.60. The molecule has 0 bridgehead atoms. The summed E-state index contributed by atoms with van der Waals surface area (Å²) in [7, 11) is 0. The predicted octanol–water partition coefficient (Wildman–Crippen LogP) is 4.96. The Labute approximate surface area is 238 Å². The van der Waals surface area contributed by atoms with E-state index in [0.29, 0.717) is 19.3 Å². The van der Waals surface area contributed by atoms with Gasteiger partial charge in [0.2, 0.25) is 11.7 Å². The van der Waals surface area contributed by atoms with Gasteiger partial charge in [0.15, 0.2) is 10.7 Å². The van der Waals surface area contributed by atoms with Gasteiger partial charge in [0.25, 0.3) is 0 Å². The topological polar surface area (TPSA) is 124 Å². The predicted molar refractivity (Wildman–Crippen MR) is 152 cm³/mol. The standard InChI is InChI=1S/C30H35N3O6S/c1-4-38-29(36)25-19-40-28(32-25)26(34)23(16-15-21-11-7-5-8-12-21)31-27(35)24(17-20(2)3)33-30(37)39-18-22-13-9-6-10-14-22/h5-14,19-20,23-24H,4,15-18H2,1-3H3,(H,31,35)(H,33,37). The van der Waals surface area contributed by atoms with E-state index in [4.69, 9.17) is 9.47 Å². The number of hydrogen-bond donors (Lipinski definition) is 2. The highest BCUT2D eigenvalue weighted by atomic mass is 32.1. The van der Waals surface area contributed by atoms with E-state index >= 15 is 0 Å². The number of nitrogens with one attached hydrogen (secondary N) is 2. The minimum Gasteiger partial charge on any atom is -0.461 e. The van der Waals surface area contributed by atoms with Gasteiger partial charge in [-0.3, -0.25) is 9.59 Å². The lowest BCUT2D eigenvalue weighted by Gasteiger charge is -2.23. The van der Waals surface area contributed by atoms with Crippen molar-refractivity contribution >= 4 is 35.1 Å². The van der Waals surface area contributed by atoms with Gasteiger partial charge in [0.1, 0.15) is 12.6 Å². The lowest BCUT2D eigenvalue weighted by Crippen LogP contribution is -2.52. The van der Waals surface area contributed by atoms with Gasteiger partial charge in [-0.2, -0.15) is 0 Å². The molecule has 0 radical (unpaired) electrons. The lowest BCUT2D eigenvalue weighted by atomic mass is 10.00. The van der Waals surface area contributed by atoms with E-state index in [1.807, 2.05) is 74.5 Å². The molecule has 3 aromatic rings.